The predicted octanol–water partition coefficient (Wildman–Crippen LogP) is 8.25. The Hall–Kier alpha value is -4.42. The van der Waals surface area contributed by atoms with Gasteiger partial charge in [-0.1, -0.05) is 46.8 Å². The maximum absolute atomic E-state index is 14.1. The molecule has 6 fully saturated rings. The first-order chi connectivity index (χ1) is 34.9. The summed E-state index contributed by atoms with van der Waals surface area (Å²) in [5.41, 5.74) is -1.06. The summed E-state index contributed by atoms with van der Waals surface area (Å²) < 4.78 is 60.8. The van der Waals surface area contributed by atoms with Crippen LogP contribution in [0.4, 0.5) is 0 Å². The molecule has 5 aliphatic carbocycles. The van der Waals surface area contributed by atoms with Gasteiger partial charge in [0.2, 0.25) is 0 Å². The van der Waals surface area contributed by atoms with Crippen molar-refractivity contribution in [3.05, 3.63) is 12.2 Å². The minimum absolute atomic E-state index is 0.00254. The molecule has 0 aromatic heterocycles. The van der Waals surface area contributed by atoms with Gasteiger partial charge in [0.15, 0.2) is 30.7 Å². The predicted molar refractivity (Wildman–Crippen MR) is 268 cm³/mol. The number of fused-ring (bicyclic) bond motifs is 7. The lowest BCUT2D eigenvalue weighted by atomic mass is 9.32. The Bertz CT molecular complexity index is 2210. The van der Waals surface area contributed by atoms with E-state index in [4.69, 9.17) is 47.4 Å². The van der Waals surface area contributed by atoms with Crippen molar-refractivity contribution in [1.82, 2.24) is 0 Å². The fourth-order valence-corrected chi connectivity index (χ4v) is 16.4. The summed E-state index contributed by atoms with van der Waals surface area (Å²) in [4.78, 5) is 103. The van der Waals surface area contributed by atoms with Crippen molar-refractivity contribution in [3.8, 4) is 0 Å². The molecule has 4 unspecified atom stereocenters. The highest BCUT2D eigenvalue weighted by Gasteiger charge is 2.73. The van der Waals surface area contributed by atoms with Crippen molar-refractivity contribution < 1.29 is 85.7 Å². The summed E-state index contributed by atoms with van der Waals surface area (Å²) in [7, 11) is 0. The smallest absolute Gasteiger partial charge is 0.320 e. The molecule has 5 saturated carbocycles. The molecule has 20 atom stereocenters. The Kier molecular flexibility index (Phi) is 18.3. The highest BCUT2D eigenvalue weighted by molar-refractivity contribution is 5.88. The van der Waals surface area contributed by atoms with Crippen LogP contribution in [0.2, 0.25) is 0 Å². The topological polar surface area (TPSA) is 229 Å². The van der Waals surface area contributed by atoms with Gasteiger partial charge in [0.05, 0.1) is 30.3 Å². The summed E-state index contributed by atoms with van der Waals surface area (Å²) in [6.07, 6.45) is -4.25. The minimum atomic E-state index is -1.56. The number of carbonyl (C=O) groups is 8. The largest absolute Gasteiger partial charge is 0.465 e. The van der Waals surface area contributed by atoms with E-state index in [0.29, 0.717) is 19.3 Å². The van der Waals surface area contributed by atoms with Crippen molar-refractivity contribution in [1.29, 1.82) is 0 Å². The lowest BCUT2D eigenvalue weighted by Gasteiger charge is -2.73. The first-order valence-corrected chi connectivity index (χ1v) is 27.2. The maximum atomic E-state index is 14.1. The van der Waals surface area contributed by atoms with Gasteiger partial charge in [-0.2, -0.15) is 0 Å². The zero-order valence-electron chi connectivity index (χ0n) is 47.2. The SMILES string of the molecule is C=C(C)[C@@H]1CC[C@]2(C(=O)OC(C)=O)CC[C@]3(C)C(CCC4[C@@]5(C)CC[C@H](O[C@H](C)[C@H](O[C@@H]6O[C@@H](C)[C@H](OC(C)=O)[C@@H](OC(C)=O)[C@H]6OC(C)=O)[C@@H](OC(C)=O)[C@H](CC)OC(C)=O)[C@@](C)(COC(C)=O)C5CC[C@]43C)C12. The van der Waals surface area contributed by atoms with Crippen LogP contribution in [0.15, 0.2) is 12.2 Å². The van der Waals surface area contributed by atoms with Gasteiger partial charge >= 0.3 is 47.8 Å². The molecule has 0 radical (unpaired) electrons. The zero-order chi connectivity index (χ0) is 55.9. The summed E-state index contributed by atoms with van der Waals surface area (Å²) in [5, 5.41) is 0. The molecule has 75 heavy (non-hydrogen) atoms. The number of rotatable bonds is 17. The fourth-order valence-electron chi connectivity index (χ4n) is 16.4. The lowest BCUT2D eigenvalue weighted by Crippen LogP contribution is -2.68. The summed E-state index contributed by atoms with van der Waals surface area (Å²) >= 11 is 0. The number of ether oxygens (including phenoxy) is 10. The Morgan fingerprint density at radius 1 is 0.613 bits per heavy atom. The van der Waals surface area contributed by atoms with Gasteiger partial charge in [-0.15, -0.1) is 0 Å². The van der Waals surface area contributed by atoms with E-state index in [0.717, 1.165) is 64.4 Å². The Morgan fingerprint density at radius 2 is 1.23 bits per heavy atom. The van der Waals surface area contributed by atoms with Crippen LogP contribution in [-0.4, -0.2) is 116 Å². The van der Waals surface area contributed by atoms with Gasteiger partial charge in [0.25, 0.3) is 0 Å². The molecule has 6 rings (SSSR count). The number of allylic oxidation sites excluding steroid dienone is 1. The van der Waals surface area contributed by atoms with E-state index in [-0.39, 0.29) is 58.9 Å². The molecule has 0 bridgehead atoms. The van der Waals surface area contributed by atoms with Crippen LogP contribution in [0, 0.1) is 56.7 Å². The third-order valence-corrected chi connectivity index (χ3v) is 19.5. The molecule has 6 aliphatic rings. The van der Waals surface area contributed by atoms with Crippen molar-refractivity contribution in [3.63, 3.8) is 0 Å². The van der Waals surface area contributed by atoms with Crippen molar-refractivity contribution in [2.75, 3.05) is 6.61 Å². The first kappa shape index (κ1) is 59.8. The third kappa shape index (κ3) is 11.5. The summed E-state index contributed by atoms with van der Waals surface area (Å²) in [5.74, 6) is -4.54. The molecule has 0 aromatic rings. The molecule has 422 valence electrons. The van der Waals surface area contributed by atoms with Crippen molar-refractivity contribution in [2.45, 2.75) is 236 Å². The van der Waals surface area contributed by atoms with Crippen molar-refractivity contribution >= 4 is 47.8 Å². The van der Waals surface area contributed by atoms with Crippen LogP contribution >= 0.6 is 0 Å². The van der Waals surface area contributed by atoms with Crippen molar-refractivity contribution in [2.24, 2.45) is 56.7 Å². The summed E-state index contributed by atoms with van der Waals surface area (Å²) in [6.45, 7) is 29.6. The third-order valence-electron chi connectivity index (χ3n) is 19.5. The van der Waals surface area contributed by atoms with Crippen LogP contribution in [-0.2, 0) is 85.7 Å². The molecule has 0 spiro atoms. The van der Waals surface area contributed by atoms with Crippen LogP contribution < -0.4 is 0 Å². The van der Waals surface area contributed by atoms with Gasteiger partial charge in [-0.25, -0.2) is 0 Å². The molecule has 1 saturated heterocycles. The molecular formula is C57H86O18. The van der Waals surface area contributed by atoms with E-state index in [1.165, 1.54) is 34.6 Å². The van der Waals surface area contributed by atoms with Gasteiger partial charge in [-0.05, 0) is 137 Å². The first-order valence-electron chi connectivity index (χ1n) is 27.2. The van der Waals surface area contributed by atoms with Crippen LogP contribution in [0.3, 0.4) is 0 Å². The number of esters is 8. The second-order valence-corrected chi connectivity index (χ2v) is 24.0. The van der Waals surface area contributed by atoms with Gasteiger partial charge in [0.1, 0.15) is 12.2 Å². The van der Waals surface area contributed by atoms with E-state index in [2.05, 4.69) is 41.2 Å². The van der Waals surface area contributed by atoms with Gasteiger partial charge in [-0.3, -0.25) is 38.4 Å². The van der Waals surface area contributed by atoms with E-state index in [1.807, 2.05) is 0 Å². The van der Waals surface area contributed by atoms with Crippen LogP contribution in [0.5, 0.6) is 0 Å². The van der Waals surface area contributed by atoms with Gasteiger partial charge in [0, 0.05) is 53.9 Å². The Balaban J connectivity index is 1.39. The quantitative estimate of drug-likeness (QED) is 0.0578. The molecule has 0 amide bonds. The number of carbonyl (C=O) groups excluding carboxylic acids is 8. The van der Waals surface area contributed by atoms with E-state index < -0.39 is 120 Å². The second-order valence-electron chi connectivity index (χ2n) is 24.0. The molecule has 18 heteroatoms. The lowest BCUT2D eigenvalue weighted by molar-refractivity contribution is -0.330. The van der Waals surface area contributed by atoms with E-state index in [9.17, 15) is 38.4 Å². The maximum Gasteiger partial charge on any atom is 0.320 e. The van der Waals surface area contributed by atoms with E-state index >= 15 is 0 Å². The highest BCUT2D eigenvalue weighted by Crippen LogP contribution is 2.78. The fraction of sp³-hybridized carbons (Fsp3) is 0.825. The normalized spacial score (nSPS) is 39.4. The number of hydrogen-bond acceptors (Lipinski definition) is 18. The standard InChI is InChI=1S/C57H86O18/c1-17-41(69-33(7)59)48(71-35(9)61)46(75-51-50(73-37(11)63)49(72-36(10)62)47(31(5)68-51)70-34(8)60)30(4)67-44-22-23-53(13)42(54(44,14)28-66-32(6)58)21-24-56(16)43(53)19-18-40-45-39(29(2)3)20-25-57(45,27-26-55(40,56)15)52(65)74-38(12)64/h30-31,39-51H,2,17-28H2,1,3-16H3/t30-,31+,39+,40?,41+,42?,43?,44+,45?,46+,47+,48+,49-,50-,51+,53+,54+,55-,56-,57+/m1/s1. The Morgan fingerprint density at radius 3 is 1.79 bits per heavy atom. The average Bonchev–Trinajstić information content (AvgIpc) is 3.70. The average molecular weight is 1060 g/mol. The molecule has 1 aliphatic heterocycles. The molecule has 0 N–H and O–H groups in total. The molecular weight excluding hydrogens is 973 g/mol. The van der Waals surface area contributed by atoms with E-state index in [1.54, 1.807) is 20.8 Å². The number of hydrogen-bond donors (Lipinski definition) is 0. The molecule has 18 nitrogen and oxygen atoms in total. The summed E-state index contributed by atoms with van der Waals surface area (Å²) in [6, 6.07) is 0. The Labute approximate surface area is 443 Å². The van der Waals surface area contributed by atoms with Crippen LogP contribution in [0.25, 0.3) is 0 Å². The zero-order valence-corrected chi connectivity index (χ0v) is 47.2. The van der Waals surface area contributed by atoms with Gasteiger partial charge < -0.3 is 47.4 Å². The molecule has 0 aromatic carbocycles. The second kappa shape index (κ2) is 22.9. The monoisotopic (exact) mass is 1060 g/mol. The molecule has 1 heterocycles. The highest BCUT2D eigenvalue weighted by atomic mass is 16.7. The minimum Gasteiger partial charge on any atom is -0.465 e. The van der Waals surface area contributed by atoms with Crippen LogP contribution in [0.1, 0.15) is 174 Å².